The van der Waals surface area contributed by atoms with Crippen molar-refractivity contribution in [3.8, 4) is 28.4 Å². The van der Waals surface area contributed by atoms with Gasteiger partial charge in [0.1, 0.15) is 6.04 Å². The predicted octanol–water partition coefficient (Wildman–Crippen LogP) is 4.26. The lowest BCUT2D eigenvalue weighted by molar-refractivity contribution is -0.120. The largest absolute Gasteiger partial charge is 0.493 e. The topological polar surface area (TPSA) is 144 Å². The second-order valence-electron chi connectivity index (χ2n) is 10.2. The molecular weight excluding hydrogens is 552 g/mol. The summed E-state index contributed by atoms with van der Waals surface area (Å²) in [5.74, 6) is 0.591. The van der Waals surface area contributed by atoms with Crippen LogP contribution < -0.4 is 40.9 Å². The number of nitrogens with one attached hydrogen (secondary N) is 4. The predicted molar refractivity (Wildman–Crippen MR) is 165 cm³/mol. The van der Waals surface area contributed by atoms with Crippen molar-refractivity contribution in [2.24, 2.45) is 0 Å². The fraction of sp³-hybridized carbons (Fsp3) is 0.312. The fourth-order valence-electron chi connectivity index (χ4n) is 5.22. The molecule has 4 rings (SSSR count). The van der Waals surface area contributed by atoms with Gasteiger partial charge in [0.25, 0.3) is 0 Å². The number of hydrogen-bond acceptors (Lipinski definition) is 8. The van der Waals surface area contributed by atoms with Crippen LogP contribution in [0.25, 0.3) is 11.1 Å². The number of anilines is 3. The van der Waals surface area contributed by atoms with Crippen LogP contribution in [0.4, 0.5) is 17.1 Å². The number of fused-ring (bicyclic) bond motifs is 3. The molecule has 0 bridgehead atoms. The summed E-state index contributed by atoms with van der Waals surface area (Å²) in [6, 6.07) is 12.3. The van der Waals surface area contributed by atoms with Crippen molar-refractivity contribution in [1.82, 2.24) is 5.32 Å². The third kappa shape index (κ3) is 6.88. The van der Waals surface area contributed by atoms with Crippen molar-refractivity contribution in [3.63, 3.8) is 0 Å². The number of carbonyl (C=O) groups excluding carboxylic acids is 3. The number of methoxy groups -OCH3 is 3. The molecule has 3 aromatic rings. The molecule has 1 aliphatic rings. The van der Waals surface area contributed by atoms with Crippen molar-refractivity contribution in [1.29, 1.82) is 0 Å². The number of amides is 3. The molecule has 0 fully saturated rings. The van der Waals surface area contributed by atoms with Crippen molar-refractivity contribution in [2.45, 2.75) is 45.7 Å². The highest BCUT2D eigenvalue weighted by molar-refractivity contribution is 5.97. The summed E-state index contributed by atoms with van der Waals surface area (Å²) in [5, 5.41) is 11.5. The van der Waals surface area contributed by atoms with Crippen LogP contribution in [0.3, 0.4) is 0 Å². The summed E-state index contributed by atoms with van der Waals surface area (Å²) >= 11 is 0. The Morgan fingerprint density at radius 2 is 1.49 bits per heavy atom. The van der Waals surface area contributed by atoms with Crippen LogP contribution in [0, 0.1) is 0 Å². The number of benzene rings is 2. The lowest BCUT2D eigenvalue weighted by atomic mass is 9.95. The molecule has 0 unspecified atom stereocenters. The van der Waals surface area contributed by atoms with Crippen LogP contribution in [0.5, 0.6) is 17.2 Å². The maximum Gasteiger partial charge on any atom is 0.246 e. The second kappa shape index (κ2) is 13.3. The van der Waals surface area contributed by atoms with Crippen LogP contribution >= 0.6 is 0 Å². The monoisotopic (exact) mass is 588 g/mol. The molecule has 226 valence electrons. The summed E-state index contributed by atoms with van der Waals surface area (Å²) in [7, 11) is 4.61. The molecule has 3 aromatic carbocycles. The first kappa shape index (κ1) is 30.9. The zero-order valence-electron chi connectivity index (χ0n) is 25.0. The number of hydrogen-bond donors (Lipinski definition) is 4. The molecular formula is C32H36N4O7. The number of ether oxygens (including phenoxy) is 3. The van der Waals surface area contributed by atoms with E-state index in [9.17, 15) is 19.2 Å². The van der Waals surface area contributed by atoms with E-state index in [-0.39, 0.29) is 28.8 Å². The number of aryl methyl sites for hydroxylation is 1. The molecule has 0 spiro atoms. The Labute approximate surface area is 249 Å². The van der Waals surface area contributed by atoms with Crippen LogP contribution in [0.1, 0.15) is 44.4 Å². The van der Waals surface area contributed by atoms with Crippen molar-refractivity contribution >= 4 is 34.8 Å². The van der Waals surface area contributed by atoms with Crippen molar-refractivity contribution in [3.05, 3.63) is 69.9 Å². The first-order valence-electron chi connectivity index (χ1n) is 13.8. The van der Waals surface area contributed by atoms with Gasteiger partial charge in [0.2, 0.25) is 28.9 Å². The third-order valence-electron chi connectivity index (χ3n) is 7.15. The van der Waals surface area contributed by atoms with Crippen LogP contribution in [0.15, 0.2) is 53.3 Å². The Morgan fingerprint density at radius 3 is 2.07 bits per heavy atom. The standard InChI is InChI=1S/C32H36N4O7/c1-17(32(40)36-22-10-8-21(9-11-22)34-18(2)37)33-26-14-12-23-24(16-27(26)39)25(35-19(3)38)13-7-20-15-28(41-4)30(42-5)31(43-6)29(20)23/h8-12,14-17,25H,7,13H2,1-6H3,(H,33,39)(H,34,37)(H,35,38)(H,36,40)/t17-,25-/m0/s1. The summed E-state index contributed by atoms with van der Waals surface area (Å²) in [5.41, 5.74) is 3.95. The van der Waals surface area contributed by atoms with Gasteiger partial charge in [0.15, 0.2) is 11.5 Å². The van der Waals surface area contributed by atoms with E-state index in [1.165, 1.54) is 34.1 Å². The van der Waals surface area contributed by atoms with E-state index in [1.807, 2.05) is 6.07 Å². The molecule has 0 heterocycles. The molecule has 11 nitrogen and oxygen atoms in total. The number of carbonyl (C=O) groups is 3. The fourth-order valence-corrected chi connectivity index (χ4v) is 5.22. The lowest BCUT2D eigenvalue weighted by Crippen LogP contribution is -2.33. The van der Waals surface area contributed by atoms with E-state index in [0.717, 1.165) is 11.1 Å². The average Bonchev–Trinajstić information content (AvgIpc) is 3.21. The van der Waals surface area contributed by atoms with Crippen LogP contribution in [0.2, 0.25) is 0 Å². The molecule has 0 radical (unpaired) electrons. The zero-order valence-corrected chi connectivity index (χ0v) is 25.0. The molecule has 43 heavy (non-hydrogen) atoms. The molecule has 4 N–H and O–H groups in total. The maximum absolute atomic E-state index is 13.5. The first-order valence-corrected chi connectivity index (χ1v) is 13.8. The summed E-state index contributed by atoms with van der Waals surface area (Å²) in [6.07, 6.45) is 1.11. The van der Waals surface area contributed by atoms with Gasteiger partial charge in [-0.15, -0.1) is 0 Å². The highest BCUT2D eigenvalue weighted by atomic mass is 16.5. The van der Waals surface area contributed by atoms with Crippen molar-refractivity contribution < 1.29 is 28.6 Å². The Bertz CT molecular complexity index is 1610. The van der Waals surface area contributed by atoms with Gasteiger partial charge in [-0.1, -0.05) is 6.07 Å². The highest BCUT2D eigenvalue weighted by Crippen LogP contribution is 2.50. The molecule has 0 saturated heterocycles. The molecule has 2 atom stereocenters. The Morgan fingerprint density at radius 1 is 0.837 bits per heavy atom. The Balaban J connectivity index is 1.72. The summed E-state index contributed by atoms with van der Waals surface area (Å²) in [6.45, 7) is 4.50. The lowest BCUT2D eigenvalue weighted by Gasteiger charge is -2.19. The van der Waals surface area contributed by atoms with Gasteiger partial charge in [-0.3, -0.25) is 19.2 Å². The third-order valence-corrected chi connectivity index (χ3v) is 7.15. The van der Waals surface area contributed by atoms with Gasteiger partial charge in [-0.2, -0.15) is 0 Å². The minimum atomic E-state index is -0.776. The van der Waals surface area contributed by atoms with Gasteiger partial charge in [-0.05, 0) is 78.9 Å². The minimum Gasteiger partial charge on any atom is -0.493 e. The normalized spacial score (nSPS) is 14.1. The maximum atomic E-state index is 13.5. The minimum absolute atomic E-state index is 0.194. The van der Waals surface area contributed by atoms with Crippen LogP contribution in [-0.4, -0.2) is 45.1 Å². The summed E-state index contributed by atoms with van der Waals surface area (Å²) < 4.78 is 17.0. The number of rotatable bonds is 9. The van der Waals surface area contributed by atoms with Crippen molar-refractivity contribution in [2.75, 3.05) is 37.3 Å². The van der Waals surface area contributed by atoms with E-state index < -0.39 is 12.1 Å². The van der Waals surface area contributed by atoms with Gasteiger partial charge in [0, 0.05) is 30.8 Å². The second-order valence-corrected chi connectivity index (χ2v) is 10.2. The summed E-state index contributed by atoms with van der Waals surface area (Å²) in [4.78, 5) is 50.0. The first-order chi connectivity index (χ1) is 20.6. The van der Waals surface area contributed by atoms with Crippen LogP contribution in [-0.2, 0) is 20.8 Å². The van der Waals surface area contributed by atoms with Gasteiger partial charge in [-0.25, -0.2) is 0 Å². The molecule has 3 amide bonds. The SMILES string of the molecule is COc1cc2c(c(OC)c1OC)-c1ccc(N[C@@H](C)C(=O)Nc3ccc(NC(C)=O)cc3)c(=O)cc1[C@@H](NC(C)=O)CC2. The van der Waals surface area contributed by atoms with E-state index >= 15 is 0 Å². The molecule has 0 aromatic heterocycles. The molecule has 11 heteroatoms. The van der Waals surface area contributed by atoms with E-state index in [2.05, 4.69) is 21.3 Å². The van der Waals surface area contributed by atoms with Gasteiger partial charge < -0.3 is 35.5 Å². The molecule has 0 aliphatic heterocycles. The smallest absolute Gasteiger partial charge is 0.246 e. The Hall–Kier alpha value is -5.06. The Kier molecular flexibility index (Phi) is 9.54. The van der Waals surface area contributed by atoms with E-state index in [1.54, 1.807) is 50.4 Å². The van der Waals surface area contributed by atoms with Gasteiger partial charge >= 0.3 is 0 Å². The van der Waals surface area contributed by atoms with Gasteiger partial charge in [0.05, 0.1) is 33.1 Å². The average molecular weight is 589 g/mol. The quantitative estimate of drug-likeness (QED) is 0.290. The zero-order chi connectivity index (χ0) is 31.3. The molecule has 0 saturated carbocycles. The highest BCUT2D eigenvalue weighted by Gasteiger charge is 2.29. The van der Waals surface area contributed by atoms with E-state index in [4.69, 9.17) is 14.2 Å². The van der Waals surface area contributed by atoms with E-state index in [0.29, 0.717) is 52.6 Å². The molecule has 1 aliphatic carbocycles.